The lowest BCUT2D eigenvalue weighted by molar-refractivity contribution is 0.306. The van der Waals surface area contributed by atoms with Crippen LogP contribution in [0, 0.1) is 5.92 Å². The Morgan fingerprint density at radius 2 is 2.20 bits per heavy atom. The van der Waals surface area contributed by atoms with Crippen LogP contribution in [0.5, 0.6) is 0 Å². The summed E-state index contributed by atoms with van der Waals surface area (Å²) in [7, 11) is 0. The van der Waals surface area contributed by atoms with Crippen molar-refractivity contribution in [1.29, 1.82) is 0 Å². The van der Waals surface area contributed by atoms with Crippen LogP contribution in [0.25, 0.3) is 0 Å². The molecule has 1 aromatic heterocycles. The number of imidazole rings is 1. The van der Waals surface area contributed by atoms with Gasteiger partial charge in [0.25, 0.3) is 0 Å². The van der Waals surface area contributed by atoms with E-state index in [1.807, 2.05) is 10.8 Å². The molecule has 1 aromatic rings. The molecule has 1 fully saturated rings. The zero-order valence-corrected chi connectivity index (χ0v) is 8.84. The molecular weight excluding hydrogens is 190 g/mol. The molecule has 0 aliphatic heterocycles. The number of hydrogen-bond acceptors (Lipinski definition) is 3. The maximum Gasteiger partial charge on any atom is 0.0949 e. The molecule has 1 heterocycles. The summed E-state index contributed by atoms with van der Waals surface area (Å²) >= 11 is 0. The summed E-state index contributed by atoms with van der Waals surface area (Å²) in [5.74, 6) is 0.464. The summed E-state index contributed by atoms with van der Waals surface area (Å²) < 4.78 is 1.95. The van der Waals surface area contributed by atoms with E-state index < -0.39 is 0 Å². The number of nitrogens with zero attached hydrogens (tertiary/aromatic N) is 3. The first-order valence-electron chi connectivity index (χ1n) is 5.56. The van der Waals surface area contributed by atoms with Gasteiger partial charge >= 0.3 is 0 Å². The fraction of sp³-hybridized carbons (Fsp3) is 0.636. The van der Waals surface area contributed by atoms with Gasteiger partial charge in [0, 0.05) is 18.3 Å². The molecule has 1 aliphatic rings. The Hall–Kier alpha value is -1.32. The van der Waals surface area contributed by atoms with Gasteiger partial charge in [0.05, 0.1) is 18.6 Å². The van der Waals surface area contributed by atoms with Crippen LogP contribution >= 0.6 is 0 Å². The van der Waals surface area contributed by atoms with E-state index in [2.05, 4.69) is 10.1 Å². The Morgan fingerprint density at radius 1 is 1.40 bits per heavy atom. The van der Waals surface area contributed by atoms with Gasteiger partial charge in [-0.3, -0.25) is 0 Å². The van der Waals surface area contributed by atoms with Crippen LogP contribution in [0.15, 0.2) is 23.9 Å². The van der Waals surface area contributed by atoms with E-state index in [1.54, 1.807) is 12.5 Å². The van der Waals surface area contributed by atoms with Crippen LogP contribution in [0.1, 0.15) is 32.1 Å². The second-order valence-corrected chi connectivity index (χ2v) is 4.16. The van der Waals surface area contributed by atoms with Crippen LogP contribution in [0.3, 0.4) is 0 Å². The minimum Gasteiger partial charge on any atom is -0.411 e. The Morgan fingerprint density at radius 3 is 2.80 bits per heavy atom. The van der Waals surface area contributed by atoms with E-state index in [1.165, 1.54) is 19.3 Å². The Labute approximate surface area is 89.6 Å². The van der Waals surface area contributed by atoms with Gasteiger partial charge in [0.15, 0.2) is 0 Å². The van der Waals surface area contributed by atoms with Crippen molar-refractivity contribution in [2.24, 2.45) is 11.1 Å². The molecule has 0 atom stereocenters. The maximum atomic E-state index is 9.03. The molecule has 82 valence electrons. The van der Waals surface area contributed by atoms with Crippen LogP contribution in [-0.2, 0) is 6.54 Å². The first-order chi connectivity index (χ1) is 7.40. The quantitative estimate of drug-likeness (QED) is 0.469. The molecule has 0 radical (unpaired) electrons. The summed E-state index contributed by atoms with van der Waals surface area (Å²) in [5.41, 5.74) is 0.896. The predicted octanol–water partition coefficient (Wildman–Crippen LogP) is 2.29. The lowest BCUT2D eigenvalue weighted by Crippen LogP contribution is -2.22. The van der Waals surface area contributed by atoms with Gasteiger partial charge in [-0.15, -0.1) is 0 Å². The Bertz CT molecular complexity index is 313. The van der Waals surface area contributed by atoms with Crippen molar-refractivity contribution in [2.45, 2.75) is 38.6 Å². The topological polar surface area (TPSA) is 50.4 Å². The van der Waals surface area contributed by atoms with Crippen molar-refractivity contribution >= 4 is 5.71 Å². The van der Waals surface area contributed by atoms with Gasteiger partial charge in [0.2, 0.25) is 0 Å². The highest BCUT2D eigenvalue weighted by atomic mass is 16.4. The highest BCUT2D eigenvalue weighted by Gasteiger charge is 2.19. The van der Waals surface area contributed by atoms with Gasteiger partial charge in [-0.1, -0.05) is 24.4 Å². The summed E-state index contributed by atoms with van der Waals surface area (Å²) in [4.78, 5) is 3.98. The fourth-order valence-electron chi connectivity index (χ4n) is 2.25. The van der Waals surface area contributed by atoms with Crippen molar-refractivity contribution in [2.75, 3.05) is 0 Å². The zero-order chi connectivity index (χ0) is 10.5. The lowest BCUT2D eigenvalue weighted by Gasteiger charge is -2.22. The van der Waals surface area contributed by atoms with Gasteiger partial charge < -0.3 is 9.77 Å². The third-order valence-corrected chi connectivity index (χ3v) is 3.11. The average Bonchev–Trinajstić information content (AvgIpc) is 2.80. The monoisotopic (exact) mass is 207 g/mol. The molecule has 0 unspecified atom stereocenters. The fourth-order valence-corrected chi connectivity index (χ4v) is 2.25. The van der Waals surface area contributed by atoms with E-state index in [-0.39, 0.29) is 0 Å². The van der Waals surface area contributed by atoms with Gasteiger partial charge in [0.1, 0.15) is 0 Å². The van der Waals surface area contributed by atoms with Crippen molar-refractivity contribution in [3.05, 3.63) is 18.7 Å². The molecule has 4 heteroatoms. The van der Waals surface area contributed by atoms with Crippen LogP contribution in [0.2, 0.25) is 0 Å². The summed E-state index contributed by atoms with van der Waals surface area (Å²) in [6, 6.07) is 0. The van der Waals surface area contributed by atoms with Crippen molar-refractivity contribution in [3.8, 4) is 0 Å². The number of aromatic nitrogens is 2. The average molecular weight is 207 g/mol. The minimum atomic E-state index is 0.464. The van der Waals surface area contributed by atoms with E-state index in [0.717, 1.165) is 18.6 Å². The number of rotatable bonds is 3. The smallest absolute Gasteiger partial charge is 0.0949 e. The number of hydrogen-bond donors (Lipinski definition) is 1. The summed E-state index contributed by atoms with van der Waals surface area (Å²) in [6.45, 7) is 0.668. The highest BCUT2D eigenvalue weighted by Crippen LogP contribution is 2.25. The molecule has 1 N–H and O–H groups in total. The van der Waals surface area contributed by atoms with Crippen LogP contribution in [-0.4, -0.2) is 20.5 Å². The molecule has 1 aliphatic carbocycles. The SMILES string of the molecule is ON=C(Cn1ccnc1)C1CCCCC1. The largest absolute Gasteiger partial charge is 0.411 e. The summed E-state index contributed by atoms with van der Waals surface area (Å²) in [6.07, 6.45) is 11.6. The Kier molecular flexibility index (Phi) is 3.37. The lowest BCUT2D eigenvalue weighted by atomic mass is 9.86. The second kappa shape index (κ2) is 4.96. The van der Waals surface area contributed by atoms with Crippen LogP contribution < -0.4 is 0 Å². The zero-order valence-electron chi connectivity index (χ0n) is 8.84. The molecule has 0 spiro atoms. The van der Waals surface area contributed by atoms with E-state index in [9.17, 15) is 0 Å². The molecule has 0 aromatic carbocycles. The second-order valence-electron chi connectivity index (χ2n) is 4.16. The standard InChI is InChI=1S/C11H17N3O/c15-13-11(8-14-7-6-12-9-14)10-4-2-1-3-5-10/h6-7,9-10,15H,1-5,8H2. The third-order valence-electron chi connectivity index (χ3n) is 3.11. The van der Waals surface area contributed by atoms with Crippen LogP contribution in [0.4, 0.5) is 0 Å². The molecule has 0 bridgehead atoms. The first kappa shape index (κ1) is 10.2. The van der Waals surface area contributed by atoms with Crippen molar-refractivity contribution in [1.82, 2.24) is 9.55 Å². The normalized spacial score (nSPS) is 19.3. The van der Waals surface area contributed by atoms with E-state index in [4.69, 9.17) is 5.21 Å². The van der Waals surface area contributed by atoms with E-state index in [0.29, 0.717) is 12.5 Å². The molecule has 1 saturated carbocycles. The molecule has 4 nitrogen and oxygen atoms in total. The Balaban J connectivity index is 1.98. The third kappa shape index (κ3) is 2.58. The van der Waals surface area contributed by atoms with Gasteiger partial charge in [-0.2, -0.15) is 0 Å². The van der Waals surface area contributed by atoms with Crippen molar-refractivity contribution < 1.29 is 5.21 Å². The van der Waals surface area contributed by atoms with Crippen molar-refractivity contribution in [3.63, 3.8) is 0 Å². The molecular formula is C11H17N3O. The molecule has 15 heavy (non-hydrogen) atoms. The first-order valence-corrected chi connectivity index (χ1v) is 5.56. The van der Waals surface area contributed by atoms with Gasteiger partial charge in [-0.05, 0) is 12.8 Å². The minimum absolute atomic E-state index is 0.464. The maximum absolute atomic E-state index is 9.03. The number of oxime groups is 1. The van der Waals surface area contributed by atoms with E-state index >= 15 is 0 Å². The summed E-state index contributed by atoms with van der Waals surface area (Å²) in [5, 5.41) is 12.5. The highest BCUT2D eigenvalue weighted by molar-refractivity contribution is 5.86. The van der Waals surface area contributed by atoms with Gasteiger partial charge in [-0.25, -0.2) is 4.98 Å². The molecule has 0 amide bonds. The predicted molar refractivity (Wildman–Crippen MR) is 58.0 cm³/mol. The molecule has 2 rings (SSSR count). The molecule has 0 saturated heterocycles.